The first-order valence-electron chi connectivity index (χ1n) is 6.17. The maximum atomic E-state index is 12.3. The van der Waals surface area contributed by atoms with E-state index >= 15 is 0 Å². The standard InChI is InChI=1S/C13H19BrN2OS/c1-13(2,3)16-8-6-15(7-9-16)12(17)10-4-5-11(14)18-10/h4-5H,6-9H2,1-3H3. The second-order valence-corrected chi connectivity index (χ2v) is 8.02. The molecule has 0 aliphatic carbocycles. The van der Waals surface area contributed by atoms with Crippen LogP contribution in [0, 0.1) is 0 Å². The summed E-state index contributed by atoms with van der Waals surface area (Å²) in [6.45, 7) is 10.2. The highest BCUT2D eigenvalue weighted by Gasteiger charge is 2.28. The molecular weight excluding hydrogens is 312 g/mol. The van der Waals surface area contributed by atoms with Crippen LogP contribution in [-0.4, -0.2) is 47.4 Å². The van der Waals surface area contributed by atoms with Gasteiger partial charge in [-0.2, -0.15) is 0 Å². The molecule has 0 spiro atoms. The van der Waals surface area contributed by atoms with E-state index in [-0.39, 0.29) is 11.4 Å². The highest BCUT2D eigenvalue weighted by molar-refractivity contribution is 9.11. The number of hydrogen-bond acceptors (Lipinski definition) is 3. The fourth-order valence-corrected chi connectivity index (χ4v) is 3.52. The summed E-state index contributed by atoms with van der Waals surface area (Å²) in [6, 6.07) is 3.83. The minimum Gasteiger partial charge on any atom is -0.335 e. The molecule has 5 heteroatoms. The number of thiophene rings is 1. The Morgan fingerprint density at radius 1 is 1.22 bits per heavy atom. The molecule has 1 aromatic rings. The average molecular weight is 331 g/mol. The maximum Gasteiger partial charge on any atom is 0.264 e. The highest BCUT2D eigenvalue weighted by atomic mass is 79.9. The van der Waals surface area contributed by atoms with Gasteiger partial charge in [0.05, 0.1) is 8.66 Å². The topological polar surface area (TPSA) is 23.6 Å². The summed E-state index contributed by atoms with van der Waals surface area (Å²) in [4.78, 5) is 17.5. The van der Waals surface area contributed by atoms with Gasteiger partial charge in [-0.25, -0.2) is 0 Å². The summed E-state index contributed by atoms with van der Waals surface area (Å²) < 4.78 is 1.01. The molecule has 0 unspecified atom stereocenters. The minimum absolute atomic E-state index is 0.166. The van der Waals surface area contributed by atoms with Crippen molar-refractivity contribution >= 4 is 33.2 Å². The fraction of sp³-hybridized carbons (Fsp3) is 0.615. The molecular formula is C13H19BrN2OS. The van der Waals surface area contributed by atoms with Crippen LogP contribution in [0.2, 0.25) is 0 Å². The van der Waals surface area contributed by atoms with Gasteiger partial charge in [-0.3, -0.25) is 9.69 Å². The Labute approximate surface area is 121 Å². The van der Waals surface area contributed by atoms with Gasteiger partial charge >= 0.3 is 0 Å². The van der Waals surface area contributed by atoms with Gasteiger partial charge in [-0.15, -0.1) is 11.3 Å². The van der Waals surface area contributed by atoms with Crippen LogP contribution < -0.4 is 0 Å². The number of carbonyl (C=O) groups is 1. The Kier molecular flexibility index (Phi) is 4.14. The molecule has 3 nitrogen and oxygen atoms in total. The fourth-order valence-electron chi connectivity index (χ4n) is 2.17. The van der Waals surface area contributed by atoms with Gasteiger partial charge in [0.1, 0.15) is 0 Å². The van der Waals surface area contributed by atoms with E-state index < -0.39 is 0 Å². The molecule has 1 amide bonds. The third-order valence-corrected chi connectivity index (χ3v) is 4.91. The molecule has 2 heterocycles. The molecule has 1 aliphatic heterocycles. The van der Waals surface area contributed by atoms with E-state index in [1.54, 1.807) is 0 Å². The third-order valence-electron chi connectivity index (χ3n) is 3.30. The molecule has 100 valence electrons. The molecule has 18 heavy (non-hydrogen) atoms. The first-order valence-corrected chi connectivity index (χ1v) is 7.78. The van der Waals surface area contributed by atoms with Crippen LogP contribution in [0.15, 0.2) is 15.9 Å². The molecule has 1 fully saturated rings. The molecule has 0 aromatic carbocycles. The smallest absolute Gasteiger partial charge is 0.264 e. The number of hydrogen-bond donors (Lipinski definition) is 0. The van der Waals surface area contributed by atoms with E-state index in [2.05, 4.69) is 41.6 Å². The molecule has 1 aromatic heterocycles. The quantitative estimate of drug-likeness (QED) is 0.790. The second kappa shape index (κ2) is 5.31. The van der Waals surface area contributed by atoms with Crippen molar-refractivity contribution in [1.29, 1.82) is 0 Å². The number of amides is 1. The van der Waals surface area contributed by atoms with Crippen molar-refractivity contribution in [3.05, 3.63) is 20.8 Å². The van der Waals surface area contributed by atoms with Crippen LogP contribution >= 0.6 is 27.3 Å². The number of carbonyl (C=O) groups excluding carboxylic acids is 1. The summed E-state index contributed by atoms with van der Waals surface area (Å²) in [5, 5.41) is 0. The molecule has 0 bridgehead atoms. The zero-order valence-corrected chi connectivity index (χ0v) is 13.5. The molecule has 0 saturated carbocycles. The van der Waals surface area contributed by atoms with Crippen LogP contribution in [0.1, 0.15) is 30.4 Å². The van der Waals surface area contributed by atoms with Crippen molar-refractivity contribution in [2.24, 2.45) is 0 Å². The van der Waals surface area contributed by atoms with Crippen LogP contribution in [0.5, 0.6) is 0 Å². The first-order chi connectivity index (χ1) is 8.38. The maximum absolute atomic E-state index is 12.3. The lowest BCUT2D eigenvalue weighted by Gasteiger charge is -2.42. The Hall–Kier alpha value is -0.390. The number of rotatable bonds is 1. The first kappa shape index (κ1) is 14.0. The Balaban J connectivity index is 1.96. The number of halogens is 1. The lowest BCUT2D eigenvalue weighted by Crippen LogP contribution is -2.54. The lowest BCUT2D eigenvalue weighted by atomic mass is 10.0. The summed E-state index contributed by atoms with van der Waals surface area (Å²) in [7, 11) is 0. The Bertz CT molecular complexity index is 430. The summed E-state index contributed by atoms with van der Waals surface area (Å²) in [5.41, 5.74) is 0.196. The Morgan fingerprint density at radius 3 is 2.28 bits per heavy atom. The largest absolute Gasteiger partial charge is 0.335 e. The van der Waals surface area contributed by atoms with Gasteiger partial charge in [0, 0.05) is 31.7 Å². The minimum atomic E-state index is 0.166. The second-order valence-electron chi connectivity index (χ2n) is 5.55. The molecule has 1 saturated heterocycles. The van der Waals surface area contributed by atoms with Gasteiger partial charge in [-0.1, -0.05) is 0 Å². The molecule has 0 radical (unpaired) electrons. The van der Waals surface area contributed by atoms with E-state index in [0.717, 1.165) is 34.8 Å². The number of piperazine rings is 1. The molecule has 2 rings (SSSR count). The van der Waals surface area contributed by atoms with E-state index in [4.69, 9.17) is 0 Å². The van der Waals surface area contributed by atoms with Gasteiger partial charge < -0.3 is 4.90 Å². The van der Waals surface area contributed by atoms with Crippen LogP contribution in [-0.2, 0) is 0 Å². The lowest BCUT2D eigenvalue weighted by molar-refractivity contribution is 0.0455. The van der Waals surface area contributed by atoms with Crippen molar-refractivity contribution < 1.29 is 4.79 Å². The predicted molar refractivity (Wildman–Crippen MR) is 79.2 cm³/mol. The van der Waals surface area contributed by atoms with E-state index in [1.807, 2.05) is 17.0 Å². The molecule has 1 aliphatic rings. The van der Waals surface area contributed by atoms with Gasteiger partial charge in [0.15, 0.2) is 0 Å². The van der Waals surface area contributed by atoms with Crippen molar-refractivity contribution in [2.75, 3.05) is 26.2 Å². The van der Waals surface area contributed by atoms with Crippen LogP contribution in [0.4, 0.5) is 0 Å². The monoisotopic (exact) mass is 330 g/mol. The van der Waals surface area contributed by atoms with E-state index in [1.165, 1.54) is 11.3 Å². The third kappa shape index (κ3) is 3.13. The van der Waals surface area contributed by atoms with Gasteiger partial charge in [-0.05, 0) is 48.8 Å². The normalized spacial score (nSPS) is 18.1. The molecule has 0 N–H and O–H groups in total. The SMILES string of the molecule is CC(C)(C)N1CCN(C(=O)c2ccc(Br)s2)CC1. The van der Waals surface area contributed by atoms with Crippen molar-refractivity contribution in [3.8, 4) is 0 Å². The molecule has 0 atom stereocenters. The number of nitrogens with zero attached hydrogens (tertiary/aromatic N) is 2. The summed E-state index contributed by atoms with van der Waals surface area (Å²) in [5.74, 6) is 0.166. The van der Waals surface area contributed by atoms with Crippen LogP contribution in [0.25, 0.3) is 0 Å². The van der Waals surface area contributed by atoms with Crippen LogP contribution in [0.3, 0.4) is 0 Å². The zero-order chi connectivity index (χ0) is 13.3. The van der Waals surface area contributed by atoms with Gasteiger partial charge in [0.2, 0.25) is 0 Å². The zero-order valence-electron chi connectivity index (χ0n) is 11.1. The van der Waals surface area contributed by atoms with Crippen molar-refractivity contribution in [3.63, 3.8) is 0 Å². The van der Waals surface area contributed by atoms with E-state index in [9.17, 15) is 4.79 Å². The average Bonchev–Trinajstić information content (AvgIpc) is 2.74. The highest BCUT2D eigenvalue weighted by Crippen LogP contribution is 2.24. The Morgan fingerprint density at radius 2 is 1.83 bits per heavy atom. The summed E-state index contributed by atoms with van der Waals surface area (Å²) >= 11 is 4.91. The van der Waals surface area contributed by atoms with Gasteiger partial charge in [0.25, 0.3) is 5.91 Å². The van der Waals surface area contributed by atoms with E-state index in [0.29, 0.717) is 0 Å². The predicted octanol–water partition coefficient (Wildman–Crippen LogP) is 3.07. The van der Waals surface area contributed by atoms with Crippen molar-refractivity contribution in [2.45, 2.75) is 26.3 Å². The summed E-state index contributed by atoms with van der Waals surface area (Å²) in [6.07, 6.45) is 0. The van der Waals surface area contributed by atoms with Crippen molar-refractivity contribution in [1.82, 2.24) is 9.80 Å².